The van der Waals surface area contributed by atoms with Gasteiger partial charge in [0.25, 0.3) is 0 Å². The Morgan fingerprint density at radius 3 is 2.71 bits per heavy atom. The molecule has 0 spiro atoms. The number of rotatable bonds is 5. The molecule has 1 aliphatic heterocycles. The molecular formula is C18H17NO5. The van der Waals surface area contributed by atoms with E-state index in [0.29, 0.717) is 28.7 Å². The second-order valence-corrected chi connectivity index (χ2v) is 5.00. The second kappa shape index (κ2) is 6.95. The average molecular weight is 327 g/mol. The quantitative estimate of drug-likeness (QED) is 0.855. The monoisotopic (exact) mass is 327 g/mol. The van der Waals surface area contributed by atoms with Crippen LogP contribution in [0, 0.1) is 0 Å². The van der Waals surface area contributed by atoms with Crippen LogP contribution in [0.1, 0.15) is 5.56 Å². The van der Waals surface area contributed by atoms with Crippen LogP contribution in [0.15, 0.2) is 42.5 Å². The second-order valence-electron chi connectivity index (χ2n) is 5.00. The summed E-state index contributed by atoms with van der Waals surface area (Å²) in [5.41, 5.74) is 1.41. The fourth-order valence-electron chi connectivity index (χ4n) is 2.26. The summed E-state index contributed by atoms with van der Waals surface area (Å²) in [6.45, 7) is 0.222. The van der Waals surface area contributed by atoms with Crippen molar-refractivity contribution in [3.05, 3.63) is 48.0 Å². The van der Waals surface area contributed by atoms with Gasteiger partial charge in [0.1, 0.15) is 11.5 Å². The topological polar surface area (TPSA) is 66.0 Å². The van der Waals surface area contributed by atoms with Gasteiger partial charge in [-0.05, 0) is 35.9 Å². The molecule has 0 fully saturated rings. The maximum atomic E-state index is 12.1. The van der Waals surface area contributed by atoms with Crippen molar-refractivity contribution in [1.82, 2.24) is 0 Å². The molecule has 0 saturated heterocycles. The van der Waals surface area contributed by atoms with Crippen LogP contribution in [0.3, 0.4) is 0 Å². The summed E-state index contributed by atoms with van der Waals surface area (Å²) in [6.07, 6.45) is 3.15. The lowest BCUT2D eigenvalue weighted by Crippen LogP contribution is -2.08. The molecule has 0 atom stereocenters. The van der Waals surface area contributed by atoms with Gasteiger partial charge in [0.15, 0.2) is 11.5 Å². The highest BCUT2D eigenvalue weighted by Crippen LogP contribution is 2.33. The van der Waals surface area contributed by atoms with Crippen molar-refractivity contribution in [3.63, 3.8) is 0 Å². The Bertz CT molecular complexity index is 785. The molecule has 0 saturated carbocycles. The first-order chi connectivity index (χ1) is 11.7. The lowest BCUT2D eigenvalue weighted by molar-refractivity contribution is -0.111. The van der Waals surface area contributed by atoms with Gasteiger partial charge in [-0.3, -0.25) is 4.79 Å². The first-order valence-corrected chi connectivity index (χ1v) is 7.30. The van der Waals surface area contributed by atoms with Crippen LogP contribution in [0.5, 0.6) is 23.0 Å². The molecule has 0 bridgehead atoms. The van der Waals surface area contributed by atoms with Gasteiger partial charge in [-0.15, -0.1) is 0 Å². The maximum Gasteiger partial charge on any atom is 0.248 e. The summed E-state index contributed by atoms with van der Waals surface area (Å²) < 4.78 is 20.9. The number of nitrogens with one attached hydrogen (secondary N) is 1. The number of methoxy groups -OCH3 is 2. The minimum Gasteiger partial charge on any atom is -0.497 e. The van der Waals surface area contributed by atoms with Crippen molar-refractivity contribution in [2.75, 3.05) is 26.3 Å². The zero-order valence-electron chi connectivity index (χ0n) is 13.4. The molecule has 1 amide bonds. The predicted octanol–water partition coefficient (Wildman–Crippen LogP) is 3.08. The normalized spacial score (nSPS) is 12.2. The summed E-state index contributed by atoms with van der Waals surface area (Å²) in [7, 11) is 3.11. The van der Waals surface area contributed by atoms with Gasteiger partial charge in [0, 0.05) is 12.1 Å². The molecule has 3 rings (SSSR count). The first-order valence-electron chi connectivity index (χ1n) is 7.30. The van der Waals surface area contributed by atoms with E-state index in [-0.39, 0.29) is 12.7 Å². The van der Waals surface area contributed by atoms with E-state index < -0.39 is 0 Å². The van der Waals surface area contributed by atoms with E-state index in [0.717, 1.165) is 5.56 Å². The third kappa shape index (κ3) is 3.43. The Balaban J connectivity index is 1.69. The molecule has 6 heteroatoms. The number of fused-ring (bicyclic) bond motifs is 1. The third-order valence-corrected chi connectivity index (χ3v) is 3.49. The molecule has 2 aromatic carbocycles. The first kappa shape index (κ1) is 15.7. The van der Waals surface area contributed by atoms with Gasteiger partial charge in [-0.25, -0.2) is 0 Å². The number of carbonyl (C=O) groups is 1. The highest BCUT2D eigenvalue weighted by molar-refractivity contribution is 6.02. The van der Waals surface area contributed by atoms with E-state index in [1.54, 1.807) is 31.4 Å². The zero-order chi connectivity index (χ0) is 16.9. The van der Waals surface area contributed by atoms with Crippen molar-refractivity contribution in [3.8, 4) is 23.0 Å². The molecule has 0 aromatic heterocycles. The van der Waals surface area contributed by atoms with Crippen LogP contribution in [-0.4, -0.2) is 26.9 Å². The van der Waals surface area contributed by atoms with Crippen molar-refractivity contribution in [2.24, 2.45) is 0 Å². The highest BCUT2D eigenvalue weighted by Gasteiger charge is 2.12. The van der Waals surface area contributed by atoms with E-state index >= 15 is 0 Å². The standard InChI is InChI=1S/C18H17NO5/c1-21-13-5-6-14(16(10-13)22-2)19-18(20)8-4-12-3-7-15-17(9-12)24-11-23-15/h3-10H,11H2,1-2H3,(H,19,20)/b8-4-. The van der Waals surface area contributed by atoms with Crippen LogP contribution in [0.2, 0.25) is 0 Å². The largest absolute Gasteiger partial charge is 0.497 e. The summed E-state index contributed by atoms with van der Waals surface area (Å²) in [4.78, 5) is 12.1. The average Bonchev–Trinajstić information content (AvgIpc) is 3.08. The molecule has 1 heterocycles. The molecule has 24 heavy (non-hydrogen) atoms. The van der Waals surface area contributed by atoms with Gasteiger partial charge < -0.3 is 24.3 Å². The van der Waals surface area contributed by atoms with Gasteiger partial charge in [0.05, 0.1) is 19.9 Å². The van der Waals surface area contributed by atoms with Crippen LogP contribution in [0.4, 0.5) is 5.69 Å². The smallest absolute Gasteiger partial charge is 0.248 e. The number of hydrogen-bond donors (Lipinski definition) is 1. The minimum atomic E-state index is -0.267. The number of amides is 1. The fraction of sp³-hybridized carbons (Fsp3) is 0.167. The van der Waals surface area contributed by atoms with E-state index in [4.69, 9.17) is 18.9 Å². The highest BCUT2D eigenvalue weighted by atomic mass is 16.7. The van der Waals surface area contributed by atoms with Crippen LogP contribution < -0.4 is 24.3 Å². The van der Waals surface area contributed by atoms with E-state index in [1.807, 2.05) is 18.2 Å². The number of hydrogen-bond acceptors (Lipinski definition) is 5. The van der Waals surface area contributed by atoms with Crippen molar-refractivity contribution < 1.29 is 23.7 Å². The Morgan fingerprint density at radius 2 is 1.92 bits per heavy atom. The summed E-state index contributed by atoms with van der Waals surface area (Å²) >= 11 is 0. The maximum absolute atomic E-state index is 12.1. The van der Waals surface area contributed by atoms with Crippen molar-refractivity contribution >= 4 is 17.7 Å². The van der Waals surface area contributed by atoms with E-state index in [1.165, 1.54) is 13.2 Å². The number of anilines is 1. The molecule has 0 radical (unpaired) electrons. The summed E-state index contributed by atoms with van der Waals surface area (Å²) in [6, 6.07) is 10.7. The lowest BCUT2D eigenvalue weighted by atomic mass is 10.2. The minimum absolute atomic E-state index is 0.222. The molecule has 124 valence electrons. The Hall–Kier alpha value is -3.15. The molecule has 1 N–H and O–H groups in total. The fourth-order valence-corrected chi connectivity index (χ4v) is 2.26. The van der Waals surface area contributed by atoms with Gasteiger partial charge in [-0.2, -0.15) is 0 Å². The number of benzene rings is 2. The van der Waals surface area contributed by atoms with Crippen LogP contribution in [0.25, 0.3) is 6.08 Å². The summed E-state index contributed by atoms with van der Waals surface area (Å²) in [5.74, 6) is 2.30. The van der Waals surface area contributed by atoms with E-state index in [2.05, 4.69) is 5.32 Å². The number of carbonyl (C=O) groups excluding carboxylic acids is 1. The lowest BCUT2D eigenvalue weighted by Gasteiger charge is -2.10. The molecule has 1 aliphatic rings. The van der Waals surface area contributed by atoms with Crippen molar-refractivity contribution in [2.45, 2.75) is 0 Å². The van der Waals surface area contributed by atoms with Crippen molar-refractivity contribution in [1.29, 1.82) is 0 Å². The number of ether oxygens (including phenoxy) is 4. The molecular weight excluding hydrogens is 310 g/mol. The molecule has 6 nitrogen and oxygen atoms in total. The van der Waals surface area contributed by atoms with E-state index in [9.17, 15) is 4.79 Å². The predicted molar refractivity (Wildman–Crippen MR) is 89.8 cm³/mol. The van der Waals surface area contributed by atoms with Crippen LogP contribution in [-0.2, 0) is 4.79 Å². The molecule has 0 unspecified atom stereocenters. The van der Waals surface area contributed by atoms with Gasteiger partial charge in [-0.1, -0.05) is 6.07 Å². The molecule has 0 aliphatic carbocycles. The Kier molecular flexibility index (Phi) is 4.56. The van der Waals surface area contributed by atoms with Crippen LogP contribution >= 0.6 is 0 Å². The Labute approximate surface area is 139 Å². The van der Waals surface area contributed by atoms with Gasteiger partial charge in [0.2, 0.25) is 12.7 Å². The Morgan fingerprint density at radius 1 is 1.08 bits per heavy atom. The third-order valence-electron chi connectivity index (χ3n) is 3.49. The molecule has 2 aromatic rings. The SMILES string of the molecule is COc1ccc(NC(=O)/C=C\c2ccc3c(c2)OCO3)c(OC)c1. The zero-order valence-corrected chi connectivity index (χ0v) is 13.4. The van der Waals surface area contributed by atoms with Gasteiger partial charge >= 0.3 is 0 Å². The summed E-state index contributed by atoms with van der Waals surface area (Å²) in [5, 5.41) is 2.77.